The van der Waals surface area contributed by atoms with E-state index in [1.165, 1.54) is 36.1 Å². The van der Waals surface area contributed by atoms with Crippen LogP contribution < -0.4 is 10.0 Å². The predicted molar refractivity (Wildman–Crippen MR) is 116 cm³/mol. The molecule has 1 saturated carbocycles. The Bertz CT molecular complexity index is 1050. The molecule has 2 aliphatic rings. The highest BCUT2D eigenvalue weighted by Gasteiger charge is 2.28. The van der Waals surface area contributed by atoms with Gasteiger partial charge in [-0.25, -0.2) is 13.1 Å². The summed E-state index contributed by atoms with van der Waals surface area (Å²) in [5.74, 6) is -0.300. The Kier molecular flexibility index (Phi) is 5.82. The van der Waals surface area contributed by atoms with Crippen molar-refractivity contribution in [2.24, 2.45) is 0 Å². The minimum atomic E-state index is -3.61. The molecule has 0 saturated heterocycles. The van der Waals surface area contributed by atoms with Gasteiger partial charge in [-0.3, -0.25) is 4.79 Å². The average Bonchev–Trinajstić information content (AvgIpc) is 3.51. The Morgan fingerprint density at radius 1 is 1.07 bits per heavy atom. The van der Waals surface area contributed by atoms with Crippen LogP contribution in [0.5, 0.6) is 0 Å². The van der Waals surface area contributed by atoms with Crippen molar-refractivity contribution < 1.29 is 13.2 Å². The molecule has 0 bridgehead atoms. The summed E-state index contributed by atoms with van der Waals surface area (Å²) < 4.78 is 28.2. The Labute approximate surface area is 180 Å². The summed E-state index contributed by atoms with van der Waals surface area (Å²) >= 11 is 3.38. The van der Waals surface area contributed by atoms with E-state index in [2.05, 4.69) is 44.2 Å². The molecule has 29 heavy (non-hydrogen) atoms. The normalized spacial score (nSPS) is 17.4. The maximum atomic E-state index is 12.9. The molecule has 4 rings (SSSR count). The van der Waals surface area contributed by atoms with Gasteiger partial charge in [0.2, 0.25) is 10.0 Å². The molecule has 1 unspecified atom stereocenters. The van der Waals surface area contributed by atoms with Gasteiger partial charge in [-0.2, -0.15) is 0 Å². The van der Waals surface area contributed by atoms with Gasteiger partial charge in [0.15, 0.2) is 0 Å². The van der Waals surface area contributed by atoms with E-state index in [9.17, 15) is 13.2 Å². The van der Waals surface area contributed by atoms with Gasteiger partial charge in [0.25, 0.3) is 5.91 Å². The molecule has 2 aromatic rings. The van der Waals surface area contributed by atoms with Crippen LogP contribution >= 0.6 is 15.9 Å². The fraction of sp³-hybridized carbons (Fsp3) is 0.409. The number of hydrogen-bond donors (Lipinski definition) is 2. The highest BCUT2D eigenvalue weighted by atomic mass is 79.9. The second kappa shape index (κ2) is 8.20. The van der Waals surface area contributed by atoms with E-state index in [-0.39, 0.29) is 22.9 Å². The zero-order valence-corrected chi connectivity index (χ0v) is 18.8. The highest BCUT2D eigenvalue weighted by molar-refractivity contribution is 9.10. The van der Waals surface area contributed by atoms with Crippen molar-refractivity contribution in [3.63, 3.8) is 0 Å². The lowest BCUT2D eigenvalue weighted by Gasteiger charge is -2.20. The zero-order chi connectivity index (χ0) is 20.6. The van der Waals surface area contributed by atoms with Crippen LogP contribution in [0.2, 0.25) is 0 Å². The Morgan fingerprint density at radius 2 is 1.79 bits per heavy atom. The smallest absolute Gasteiger partial charge is 0.252 e. The van der Waals surface area contributed by atoms with Crippen LogP contribution in [-0.4, -0.2) is 20.4 Å². The van der Waals surface area contributed by atoms with E-state index >= 15 is 0 Å². The first-order chi connectivity index (χ1) is 13.8. The van der Waals surface area contributed by atoms with Gasteiger partial charge in [0.05, 0.1) is 16.5 Å². The van der Waals surface area contributed by atoms with Crippen molar-refractivity contribution >= 4 is 31.9 Å². The second-order valence-electron chi connectivity index (χ2n) is 7.97. The summed E-state index contributed by atoms with van der Waals surface area (Å²) in [6.07, 6.45) is 6.38. The first-order valence-corrected chi connectivity index (χ1v) is 12.4. The quantitative estimate of drug-likeness (QED) is 0.653. The largest absolute Gasteiger partial charge is 0.345 e. The maximum absolute atomic E-state index is 12.9. The SMILES string of the molecule is CC(NC(=O)c1cc(S(=O)(=O)NC2CC2)ccc1Br)c1ccc2c(c1)CCCC2. The van der Waals surface area contributed by atoms with Gasteiger partial charge in [-0.05, 0) is 96.3 Å². The fourth-order valence-electron chi connectivity index (χ4n) is 3.71. The van der Waals surface area contributed by atoms with E-state index in [1.807, 2.05) is 6.92 Å². The number of rotatable bonds is 6. The Morgan fingerprint density at radius 3 is 2.52 bits per heavy atom. The van der Waals surface area contributed by atoms with Gasteiger partial charge in [-0.1, -0.05) is 18.2 Å². The number of nitrogens with one attached hydrogen (secondary N) is 2. The molecule has 1 amide bonds. The van der Waals surface area contributed by atoms with E-state index in [4.69, 9.17) is 0 Å². The third-order valence-electron chi connectivity index (χ3n) is 5.61. The summed E-state index contributed by atoms with van der Waals surface area (Å²) in [6, 6.07) is 10.8. The van der Waals surface area contributed by atoms with E-state index in [0.29, 0.717) is 10.0 Å². The van der Waals surface area contributed by atoms with Gasteiger partial charge in [0.1, 0.15) is 0 Å². The number of aryl methyl sites for hydroxylation is 2. The van der Waals surface area contributed by atoms with Crippen LogP contribution in [0.3, 0.4) is 0 Å². The van der Waals surface area contributed by atoms with Crippen molar-refractivity contribution in [1.82, 2.24) is 10.0 Å². The number of fused-ring (bicyclic) bond motifs is 1. The predicted octanol–water partition coefficient (Wildman–Crippen LogP) is 4.26. The number of hydrogen-bond acceptors (Lipinski definition) is 3. The van der Waals surface area contributed by atoms with Crippen LogP contribution in [-0.2, 0) is 22.9 Å². The molecule has 2 N–H and O–H groups in total. The number of benzene rings is 2. The Hall–Kier alpha value is -1.70. The maximum Gasteiger partial charge on any atom is 0.252 e. The van der Waals surface area contributed by atoms with Crippen LogP contribution in [0.15, 0.2) is 45.8 Å². The van der Waals surface area contributed by atoms with Crippen LogP contribution in [0.25, 0.3) is 0 Å². The van der Waals surface area contributed by atoms with Crippen molar-refractivity contribution in [2.45, 2.75) is 62.4 Å². The summed E-state index contributed by atoms with van der Waals surface area (Å²) in [4.78, 5) is 13.0. The van der Waals surface area contributed by atoms with Gasteiger partial charge >= 0.3 is 0 Å². The van der Waals surface area contributed by atoms with Gasteiger partial charge in [-0.15, -0.1) is 0 Å². The zero-order valence-electron chi connectivity index (χ0n) is 16.4. The molecule has 0 aromatic heterocycles. The van der Waals surface area contributed by atoms with Gasteiger partial charge in [0, 0.05) is 10.5 Å². The van der Waals surface area contributed by atoms with E-state index < -0.39 is 10.0 Å². The molecule has 1 fully saturated rings. The topological polar surface area (TPSA) is 75.3 Å². The standard InChI is InChI=1S/C22H25BrN2O3S/c1-14(16-7-6-15-4-2-3-5-17(15)12-16)24-22(26)20-13-19(10-11-21(20)23)29(27,28)25-18-8-9-18/h6-7,10-14,18,25H,2-5,8-9H2,1H3,(H,24,26). The molecule has 154 valence electrons. The van der Waals surface area contributed by atoms with Crippen molar-refractivity contribution in [2.75, 3.05) is 0 Å². The molecule has 0 aliphatic heterocycles. The minimum absolute atomic E-state index is 0.0185. The minimum Gasteiger partial charge on any atom is -0.345 e. The lowest BCUT2D eigenvalue weighted by atomic mass is 9.89. The van der Waals surface area contributed by atoms with Crippen molar-refractivity contribution in [1.29, 1.82) is 0 Å². The average molecular weight is 477 g/mol. The molecular weight excluding hydrogens is 452 g/mol. The van der Waals surface area contributed by atoms with Crippen LogP contribution in [0.4, 0.5) is 0 Å². The lowest BCUT2D eigenvalue weighted by Crippen LogP contribution is -2.28. The number of sulfonamides is 1. The first-order valence-electron chi connectivity index (χ1n) is 10.1. The monoisotopic (exact) mass is 476 g/mol. The number of carbonyl (C=O) groups is 1. The summed E-state index contributed by atoms with van der Waals surface area (Å²) in [5.41, 5.74) is 4.15. The van der Waals surface area contributed by atoms with Gasteiger partial charge < -0.3 is 5.32 Å². The number of halogens is 1. The molecule has 0 radical (unpaired) electrons. The molecule has 7 heteroatoms. The summed E-state index contributed by atoms with van der Waals surface area (Å²) in [6.45, 7) is 1.95. The van der Waals surface area contributed by atoms with Crippen LogP contribution in [0.1, 0.15) is 65.7 Å². The molecule has 1 atom stereocenters. The first kappa shape index (κ1) is 20.6. The molecule has 5 nitrogen and oxygen atoms in total. The molecule has 0 heterocycles. The third kappa shape index (κ3) is 4.73. The molecule has 2 aliphatic carbocycles. The molecule has 0 spiro atoms. The Balaban J connectivity index is 1.52. The summed E-state index contributed by atoms with van der Waals surface area (Å²) in [5, 5.41) is 3.01. The van der Waals surface area contributed by atoms with Crippen LogP contribution in [0, 0.1) is 0 Å². The van der Waals surface area contributed by atoms with E-state index in [0.717, 1.165) is 31.2 Å². The second-order valence-corrected chi connectivity index (χ2v) is 10.5. The fourth-order valence-corrected chi connectivity index (χ4v) is 5.47. The van der Waals surface area contributed by atoms with E-state index in [1.54, 1.807) is 6.07 Å². The highest BCUT2D eigenvalue weighted by Crippen LogP contribution is 2.27. The third-order valence-corrected chi connectivity index (χ3v) is 7.82. The van der Waals surface area contributed by atoms with Crippen molar-refractivity contribution in [3.05, 3.63) is 63.1 Å². The summed E-state index contributed by atoms with van der Waals surface area (Å²) in [7, 11) is -3.61. The molecule has 2 aromatic carbocycles. The lowest BCUT2D eigenvalue weighted by molar-refractivity contribution is 0.0939. The molecular formula is C22H25BrN2O3S. The number of carbonyl (C=O) groups excluding carboxylic acids is 1. The van der Waals surface area contributed by atoms with Crippen molar-refractivity contribution in [3.8, 4) is 0 Å². The number of amides is 1.